The molecule has 0 radical (unpaired) electrons. The number of carbonyl (C=O) groups is 2. The summed E-state index contributed by atoms with van der Waals surface area (Å²) in [4.78, 5) is 29.4. The van der Waals surface area contributed by atoms with Crippen LogP contribution in [0, 0.1) is 5.82 Å². The number of benzene rings is 3. The Hall–Kier alpha value is -3.69. The summed E-state index contributed by atoms with van der Waals surface area (Å²) in [6.07, 6.45) is 1.10. The van der Waals surface area contributed by atoms with E-state index in [-0.39, 0.29) is 23.7 Å². The fourth-order valence-corrected chi connectivity index (χ4v) is 5.77. The maximum absolute atomic E-state index is 13.2. The van der Waals surface area contributed by atoms with Gasteiger partial charge in [-0.15, -0.1) is 10.2 Å². The van der Waals surface area contributed by atoms with Gasteiger partial charge < -0.3 is 9.80 Å². The molecular weight excluding hydrogens is 549 g/mol. The molecule has 1 fully saturated rings. The fourth-order valence-electron chi connectivity index (χ4n) is 4.75. The number of amides is 2. The van der Waals surface area contributed by atoms with Crippen LogP contribution in [0.3, 0.4) is 0 Å². The molecule has 40 heavy (non-hydrogen) atoms. The van der Waals surface area contributed by atoms with Gasteiger partial charge in [0.05, 0.1) is 0 Å². The summed E-state index contributed by atoms with van der Waals surface area (Å²) in [6.45, 7) is 3.35. The van der Waals surface area contributed by atoms with Crippen LogP contribution < -0.4 is 0 Å². The number of hydrogen-bond acceptors (Lipinski definition) is 5. The van der Waals surface area contributed by atoms with Crippen LogP contribution in [-0.4, -0.2) is 67.8 Å². The maximum atomic E-state index is 13.2. The second-order valence-electron chi connectivity index (χ2n) is 9.63. The van der Waals surface area contributed by atoms with Crippen LogP contribution in [-0.2, 0) is 4.79 Å². The molecule has 2 amide bonds. The molecule has 1 unspecified atom stereocenters. The number of piperazine rings is 1. The molecule has 0 N–H and O–H groups in total. The third-order valence-corrected chi connectivity index (χ3v) is 8.12. The van der Waals surface area contributed by atoms with Gasteiger partial charge in [0, 0.05) is 59.7 Å². The van der Waals surface area contributed by atoms with Crippen molar-refractivity contribution in [3.05, 3.63) is 95.3 Å². The number of carbonyl (C=O) groups excluding carboxylic acids is 2. The van der Waals surface area contributed by atoms with E-state index in [0.29, 0.717) is 48.8 Å². The van der Waals surface area contributed by atoms with Crippen LogP contribution >= 0.6 is 23.4 Å². The first-order chi connectivity index (χ1) is 19.4. The van der Waals surface area contributed by atoms with Gasteiger partial charge in [-0.3, -0.25) is 14.2 Å². The summed E-state index contributed by atoms with van der Waals surface area (Å²) in [5.74, 6) is 0.990. The molecule has 206 valence electrons. The largest absolute Gasteiger partial charge is 0.339 e. The van der Waals surface area contributed by atoms with Crippen LogP contribution in [0.1, 0.15) is 30.1 Å². The van der Waals surface area contributed by atoms with Gasteiger partial charge in [0.1, 0.15) is 5.82 Å². The highest BCUT2D eigenvalue weighted by atomic mass is 35.5. The number of rotatable bonds is 8. The summed E-state index contributed by atoms with van der Waals surface area (Å²) in [5, 5.41) is 10.3. The van der Waals surface area contributed by atoms with Crippen LogP contribution in [0.2, 0.25) is 5.02 Å². The topological polar surface area (TPSA) is 71.3 Å². The average molecular weight is 578 g/mol. The Morgan fingerprint density at radius 3 is 2.40 bits per heavy atom. The predicted octanol–water partition coefficient (Wildman–Crippen LogP) is 5.97. The second-order valence-corrected chi connectivity index (χ2v) is 11.1. The summed E-state index contributed by atoms with van der Waals surface area (Å²) in [7, 11) is 0. The Bertz CT molecular complexity index is 1460. The summed E-state index contributed by atoms with van der Waals surface area (Å²) >= 11 is 7.65. The Labute approximate surface area is 242 Å². The van der Waals surface area contributed by atoms with Crippen molar-refractivity contribution in [2.24, 2.45) is 0 Å². The molecule has 1 atom stereocenters. The van der Waals surface area contributed by atoms with E-state index in [1.54, 1.807) is 16.7 Å². The molecular formula is C30H29ClFN5O2S. The SMILES string of the molecule is CC1CN(C(=O)CCCSc2nnc(-c3ccc(Cl)cc3)n2-c2ccccc2)CCN1C(=O)c1ccc(F)cc1. The highest BCUT2D eigenvalue weighted by Crippen LogP contribution is 2.29. The van der Waals surface area contributed by atoms with Crippen molar-refractivity contribution in [3.8, 4) is 17.1 Å². The van der Waals surface area contributed by atoms with Gasteiger partial charge in [-0.2, -0.15) is 0 Å². The number of thioether (sulfide) groups is 1. The van der Waals surface area contributed by atoms with Gasteiger partial charge in [0.15, 0.2) is 11.0 Å². The van der Waals surface area contributed by atoms with Crippen molar-refractivity contribution < 1.29 is 14.0 Å². The first kappa shape index (κ1) is 27.9. The minimum absolute atomic E-state index is 0.0766. The standard InChI is InChI=1S/C30H29ClFN5O2S/c1-21-20-35(17-18-36(21)29(39)23-11-15-25(32)16-12-23)27(38)8-5-19-40-30-34-33-28(22-9-13-24(31)14-10-22)37(30)26-6-3-2-4-7-26/h2-4,6-7,9-16,21H,5,8,17-20H2,1H3. The van der Waals surface area contributed by atoms with Crippen molar-refractivity contribution in [2.45, 2.75) is 31.0 Å². The maximum Gasteiger partial charge on any atom is 0.254 e. The molecule has 1 aliphatic rings. The molecule has 3 aromatic carbocycles. The number of nitrogens with zero attached hydrogens (tertiary/aromatic N) is 5. The van der Waals surface area contributed by atoms with E-state index in [9.17, 15) is 14.0 Å². The lowest BCUT2D eigenvalue weighted by Gasteiger charge is -2.40. The lowest BCUT2D eigenvalue weighted by Crippen LogP contribution is -2.55. The Morgan fingerprint density at radius 2 is 1.70 bits per heavy atom. The Balaban J connectivity index is 1.17. The fraction of sp³-hybridized carbons (Fsp3) is 0.267. The van der Waals surface area contributed by atoms with E-state index in [1.807, 2.05) is 71.0 Å². The zero-order chi connectivity index (χ0) is 28.1. The van der Waals surface area contributed by atoms with Crippen molar-refractivity contribution in [3.63, 3.8) is 0 Å². The molecule has 1 aliphatic heterocycles. The van der Waals surface area contributed by atoms with Gasteiger partial charge in [-0.25, -0.2) is 4.39 Å². The van der Waals surface area contributed by atoms with Crippen molar-refractivity contribution in [1.29, 1.82) is 0 Å². The molecule has 4 aromatic rings. The molecule has 1 saturated heterocycles. The van der Waals surface area contributed by atoms with Crippen molar-refractivity contribution in [1.82, 2.24) is 24.6 Å². The van der Waals surface area contributed by atoms with Gasteiger partial charge in [-0.05, 0) is 74.0 Å². The third-order valence-electron chi connectivity index (χ3n) is 6.85. The lowest BCUT2D eigenvalue weighted by atomic mass is 10.1. The van der Waals surface area contributed by atoms with Crippen LogP contribution in [0.25, 0.3) is 17.1 Å². The monoisotopic (exact) mass is 577 g/mol. The quantitative estimate of drug-likeness (QED) is 0.190. The van der Waals surface area contributed by atoms with Gasteiger partial charge >= 0.3 is 0 Å². The molecule has 0 spiro atoms. The molecule has 0 saturated carbocycles. The molecule has 10 heteroatoms. The van der Waals surface area contributed by atoms with Crippen molar-refractivity contribution >= 4 is 35.2 Å². The van der Waals surface area contributed by atoms with Gasteiger partial charge in [0.2, 0.25) is 5.91 Å². The zero-order valence-corrected chi connectivity index (χ0v) is 23.6. The molecule has 0 bridgehead atoms. The number of aromatic nitrogens is 3. The minimum Gasteiger partial charge on any atom is -0.339 e. The minimum atomic E-state index is -0.375. The summed E-state index contributed by atoms with van der Waals surface area (Å²) < 4.78 is 15.3. The van der Waals surface area contributed by atoms with E-state index in [2.05, 4.69) is 10.2 Å². The van der Waals surface area contributed by atoms with E-state index in [4.69, 9.17) is 11.6 Å². The predicted molar refractivity (Wildman–Crippen MR) is 155 cm³/mol. The van der Waals surface area contributed by atoms with Crippen LogP contribution in [0.4, 0.5) is 4.39 Å². The molecule has 7 nitrogen and oxygen atoms in total. The Kier molecular flexibility index (Phi) is 8.81. The molecule has 5 rings (SSSR count). The average Bonchev–Trinajstić information content (AvgIpc) is 3.40. The van der Waals surface area contributed by atoms with E-state index in [1.165, 1.54) is 24.3 Å². The van der Waals surface area contributed by atoms with E-state index >= 15 is 0 Å². The normalized spacial score (nSPS) is 15.3. The smallest absolute Gasteiger partial charge is 0.254 e. The van der Waals surface area contributed by atoms with Crippen molar-refractivity contribution in [2.75, 3.05) is 25.4 Å². The number of halogens is 2. The second kappa shape index (κ2) is 12.7. The molecule has 1 aromatic heterocycles. The van der Waals surface area contributed by atoms with Gasteiger partial charge in [0.25, 0.3) is 5.91 Å². The van der Waals surface area contributed by atoms with Gasteiger partial charge in [-0.1, -0.05) is 41.6 Å². The number of para-hydroxylation sites is 1. The first-order valence-electron chi connectivity index (χ1n) is 13.1. The lowest BCUT2D eigenvalue weighted by molar-refractivity contribution is -0.133. The number of hydrogen-bond donors (Lipinski definition) is 0. The first-order valence-corrected chi connectivity index (χ1v) is 14.5. The highest BCUT2D eigenvalue weighted by Gasteiger charge is 2.30. The van der Waals surface area contributed by atoms with Crippen LogP contribution in [0.5, 0.6) is 0 Å². The summed E-state index contributed by atoms with van der Waals surface area (Å²) in [5.41, 5.74) is 2.32. The molecule has 0 aliphatic carbocycles. The Morgan fingerprint density at radius 1 is 0.975 bits per heavy atom. The van der Waals surface area contributed by atoms with E-state index < -0.39 is 0 Å². The third kappa shape index (κ3) is 6.37. The van der Waals surface area contributed by atoms with E-state index in [0.717, 1.165) is 22.2 Å². The highest BCUT2D eigenvalue weighted by molar-refractivity contribution is 7.99. The molecule has 2 heterocycles. The zero-order valence-electron chi connectivity index (χ0n) is 22.0. The summed E-state index contributed by atoms with van der Waals surface area (Å²) in [6, 6.07) is 22.9. The van der Waals surface area contributed by atoms with Crippen LogP contribution in [0.15, 0.2) is 84.0 Å².